The predicted molar refractivity (Wildman–Crippen MR) is 173 cm³/mol. The first-order valence-corrected chi connectivity index (χ1v) is 15.5. The number of hydrogen-bond donors (Lipinski definition) is 0. The summed E-state index contributed by atoms with van der Waals surface area (Å²) in [5.74, 6) is 1.18. The minimum Gasteiger partial charge on any atom is -0.490 e. The molecule has 0 saturated carbocycles. The molecule has 4 rings (SSSR count). The fraction of sp³-hybridized carbons (Fsp3) is 0.316. The average Bonchev–Trinajstić information content (AvgIpc) is 3.07. The molecule has 0 aliphatic rings. The highest BCUT2D eigenvalue weighted by Gasteiger charge is 2.17. The zero-order valence-corrected chi connectivity index (χ0v) is 25.5. The van der Waals surface area contributed by atoms with Crippen LogP contribution in [0.4, 0.5) is 0 Å². The summed E-state index contributed by atoms with van der Waals surface area (Å²) in [5.41, 5.74) is 2.97. The average molecular weight is 595 g/mol. The van der Waals surface area contributed by atoms with Gasteiger partial charge in [0.1, 0.15) is 49.2 Å². The van der Waals surface area contributed by atoms with Gasteiger partial charge in [-0.15, -0.1) is 0 Å². The Morgan fingerprint density at radius 1 is 0.591 bits per heavy atom. The van der Waals surface area contributed by atoms with Crippen LogP contribution in [0.25, 0.3) is 0 Å². The van der Waals surface area contributed by atoms with Gasteiger partial charge in [-0.1, -0.05) is 99.7 Å². The molecule has 0 spiro atoms. The van der Waals surface area contributed by atoms with E-state index in [1.165, 1.54) is 25.7 Å². The smallest absolute Gasteiger partial charge is 0.342 e. The Bertz CT molecular complexity index is 1420. The number of carbonyl (C=O) groups is 2. The molecule has 0 aliphatic carbocycles. The number of carbonyl (C=O) groups excluding carboxylic acids is 2. The van der Waals surface area contributed by atoms with Crippen molar-refractivity contribution >= 4 is 11.8 Å². The van der Waals surface area contributed by atoms with E-state index < -0.39 is 5.97 Å². The number of esters is 1. The molecule has 0 fully saturated rings. The van der Waals surface area contributed by atoms with Crippen molar-refractivity contribution in [1.82, 2.24) is 0 Å². The molecule has 0 bridgehead atoms. The van der Waals surface area contributed by atoms with E-state index in [-0.39, 0.29) is 24.6 Å². The van der Waals surface area contributed by atoms with Gasteiger partial charge in [-0.2, -0.15) is 0 Å². The van der Waals surface area contributed by atoms with Gasteiger partial charge >= 0.3 is 5.97 Å². The SMILES string of the molecule is CCCCCCCCC(=O)c1ccc(OCCOC(=O)c2cc(OCc3ccccc3)ccc2OCc2ccccc2)cc1. The molecule has 0 amide bonds. The molecule has 0 unspecified atom stereocenters. The van der Waals surface area contributed by atoms with Gasteiger partial charge in [-0.25, -0.2) is 4.79 Å². The molecule has 0 radical (unpaired) electrons. The van der Waals surface area contributed by atoms with E-state index in [0.29, 0.717) is 42.4 Å². The quantitative estimate of drug-likeness (QED) is 0.0613. The van der Waals surface area contributed by atoms with Gasteiger partial charge in [-0.3, -0.25) is 4.79 Å². The zero-order valence-electron chi connectivity index (χ0n) is 25.5. The van der Waals surface area contributed by atoms with E-state index in [4.69, 9.17) is 18.9 Å². The van der Waals surface area contributed by atoms with E-state index >= 15 is 0 Å². The van der Waals surface area contributed by atoms with Gasteiger partial charge in [0.25, 0.3) is 0 Å². The third kappa shape index (κ3) is 10.9. The maximum Gasteiger partial charge on any atom is 0.342 e. The first kappa shape index (κ1) is 32.3. The standard InChI is InChI=1S/C38H42O6/c1-2-3-4-5-6-13-18-36(39)32-19-21-33(22-20-32)41-25-26-42-38(40)35-27-34(43-28-30-14-9-7-10-15-30)23-24-37(35)44-29-31-16-11-8-12-17-31/h7-12,14-17,19-24,27H,2-6,13,18,25-26,28-29H2,1H3. The number of unbranched alkanes of at least 4 members (excludes halogenated alkanes) is 5. The van der Waals surface area contributed by atoms with Crippen molar-refractivity contribution in [2.45, 2.75) is 65.1 Å². The molecule has 0 aliphatic heterocycles. The van der Waals surface area contributed by atoms with Crippen molar-refractivity contribution in [1.29, 1.82) is 0 Å². The molecule has 6 nitrogen and oxygen atoms in total. The Balaban J connectivity index is 1.28. The molecule has 0 atom stereocenters. The minimum absolute atomic E-state index is 0.0464. The molecule has 0 heterocycles. The number of ketones is 1. The van der Waals surface area contributed by atoms with Crippen LogP contribution >= 0.6 is 0 Å². The second-order valence-electron chi connectivity index (χ2n) is 10.7. The topological polar surface area (TPSA) is 71.1 Å². The first-order chi connectivity index (χ1) is 21.6. The third-order valence-corrected chi connectivity index (χ3v) is 7.18. The summed E-state index contributed by atoms with van der Waals surface area (Å²) in [4.78, 5) is 25.6. The third-order valence-electron chi connectivity index (χ3n) is 7.18. The zero-order chi connectivity index (χ0) is 30.8. The van der Waals surface area contributed by atoms with Crippen LogP contribution in [-0.2, 0) is 18.0 Å². The molecule has 0 saturated heterocycles. The van der Waals surface area contributed by atoms with Crippen LogP contribution < -0.4 is 14.2 Å². The second-order valence-corrected chi connectivity index (χ2v) is 10.7. The van der Waals surface area contributed by atoms with Gasteiger partial charge in [0.2, 0.25) is 0 Å². The van der Waals surface area contributed by atoms with Crippen molar-refractivity contribution in [3.8, 4) is 17.2 Å². The van der Waals surface area contributed by atoms with Crippen molar-refractivity contribution in [2.75, 3.05) is 13.2 Å². The fourth-order valence-electron chi connectivity index (χ4n) is 4.68. The lowest BCUT2D eigenvalue weighted by Gasteiger charge is -2.14. The summed E-state index contributed by atoms with van der Waals surface area (Å²) >= 11 is 0. The van der Waals surface area contributed by atoms with E-state index in [2.05, 4.69) is 6.92 Å². The highest BCUT2D eigenvalue weighted by atomic mass is 16.6. The number of benzene rings is 4. The number of ether oxygens (including phenoxy) is 4. The van der Waals surface area contributed by atoms with Gasteiger partial charge in [0.05, 0.1) is 0 Å². The number of hydrogen-bond acceptors (Lipinski definition) is 6. The Morgan fingerprint density at radius 3 is 1.89 bits per heavy atom. The maximum atomic E-state index is 13.1. The van der Waals surface area contributed by atoms with Crippen LogP contribution in [0.5, 0.6) is 17.2 Å². The molecule has 230 valence electrons. The highest BCUT2D eigenvalue weighted by Crippen LogP contribution is 2.27. The molecule has 6 heteroatoms. The van der Waals surface area contributed by atoms with Crippen LogP contribution in [-0.4, -0.2) is 25.0 Å². The van der Waals surface area contributed by atoms with Crippen LogP contribution in [0.1, 0.15) is 83.7 Å². The van der Waals surface area contributed by atoms with E-state index in [0.717, 1.165) is 24.0 Å². The van der Waals surface area contributed by atoms with Crippen LogP contribution in [0.2, 0.25) is 0 Å². The summed E-state index contributed by atoms with van der Waals surface area (Å²) in [7, 11) is 0. The lowest BCUT2D eigenvalue weighted by Crippen LogP contribution is -2.14. The summed E-state index contributed by atoms with van der Waals surface area (Å²) in [6, 6.07) is 31.9. The highest BCUT2D eigenvalue weighted by molar-refractivity contribution is 5.96. The molecule has 44 heavy (non-hydrogen) atoms. The largest absolute Gasteiger partial charge is 0.490 e. The van der Waals surface area contributed by atoms with E-state index in [9.17, 15) is 9.59 Å². The number of Topliss-reactive ketones (excluding diaryl/α,β-unsaturated/α-hetero) is 1. The molecular formula is C38H42O6. The summed E-state index contributed by atoms with van der Waals surface area (Å²) < 4.78 is 23.3. The lowest BCUT2D eigenvalue weighted by molar-refractivity contribution is 0.0444. The number of rotatable bonds is 19. The lowest BCUT2D eigenvalue weighted by atomic mass is 10.0. The van der Waals surface area contributed by atoms with Gasteiger partial charge in [-0.05, 0) is 60.0 Å². The molecule has 0 N–H and O–H groups in total. The van der Waals surface area contributed by atoms with E-state index in [1.54, 1.807) is 42.5 Å². The summed E-state index contributed by atoms with van der Waals surface area (Å²) in [6.45, 7) is 3.10. The van der Waals surface area contributed by atoms with Crippen LogP contribution in [0, 0.1) is 0 Å². The summed E-state index contributed by atoms with van der Waals surface area (Å²) in [6.07, 6.45) is 7.50. The fourth-order valence-corrected chi connectivity index (χ4v) is 4.68. The molecular weight excluding hydrogens is 552 g/mol. The van der Waals surface area contributed by atoms with Crippen molar-refractivity contribution < 1.29 is 28.5 Å². The maximum absolute atomic E-state index is 13.1. The first-order valence-electron chi connectivity index (χ1n) is 15.5. The van der Waals surface area contributed by atoms with Crippen LogP contribution in [0.3, 0.4) is 0 Å². The van der Waals surface area contributed by atoms with E-state index in [1.807, 2.05) is 60.7 Å². The van der Waals surface area contributed by atoms with Gasteiger partial charge in [0.15, 0.2) is 5.78 Å². The molecule has 4 aromatic rings. The van der Waals surface area contributed by atoms with Crippen molar-refractivity contribution in [2.24, 2.45) is 0 Å². The van der Waals surface area contributed by atoms with Gasteiger partial charge in [0, 0.05) is 12.0 Å². The van der Waals surface area contributed by atoms with Crippen LogP contribution in [0.15, 0.2) is 103 Å². The predicted octanol–water partition coefficient (Wildman–Crippen LogP) is 9.01. The Hall–Kier alpha value is -4.58. The minimum atomic E-state index is -0.530. The Labute approximate surface area is 260 Å². The molecule has 0 aromatic heterocycles. The van der Waals surface area contributed by atoms with Gasteiger partial charge < -0.3 is 18.9 Å². The second kappa shape index (κ2) is 18.2. The Kier molecular flexibility index (Phi) is 13.4. The van der Waals surface area contributed by atoms with Crippen molar-refractivity contribution in [3.63, 3.8) is 0 Å². The Morgan fingerprint density at radius 2 is 1.20 bits per heavy atom. The summed E-state index contributed by atoms with van der Waals surface area (Å²) in [5, 5.41) is 0. The molecule has 4 aromatic carbocycles. The normalized spacial score (nSPS) is 10.7. The monoisotopic (exact) mass is 594 g/mol. The van der Waals surface area contributed by atoms with Crippen molar-refractivity contribution in [3.05, 3.63) is 125 Å².